The van der Waals surface area contributed by atoms with Crippen molar-refractivity contribution in [3.63, 3.8) is 0 Å². The average molecular weight is 124 g/mol. The first kappa shape index (κ1) is 4.88. The van der Waals surface area contributed by atoms with E-state index in [9.17, 15) is 0 Å². The minimum atomic E-state index is 0.0787. The van der Waals surface area contributed by atoms with Crippen LogP contribution in [-0.2, 0) is 4.74 Å². The van der Waals surface area contributed by atoms with Crippen molar-refractivity contribution < 1.29 is 4.74 Å². The molecule has 3 nitrogen and oxygen atoms in total. The number of rotatable bonds is 0. The molecule has 1 atom stereocenters. The Morgan fingerprint density at radius 2 is 2.67 bits per heavy atom. The van der Waals surface area contributed by atoms with Crippen molar-refractivity contribution in [1.29, 1.82) is 0 Å². The molecular formula is C6H8N2O. The molecule has 9 heavy (non-hydrogen) atoms. The van der Waals surface area contributed by atoms with Gasteiger partial charge < -0.3 is 15.4 Å². The smallest absolute Gasteiger partial charge is 0.170 e. The summed E-state index contributed by atoms with van der Waals surface area (Å²) in [5.41, 5.74) is 1.12. The minimum Gasteiger partial charge on any atom is -0.362 e. The molecule has 0 aromatic heterocycles. The molecule has 2 aliphatic heterocycles. The molecule has 2 heterocycles. The summed E-state index contributed by atoms with van der Waals surface area (Å²) in [6.07, 6.45) is 5.91. The molecule has 0 bridgehead atoms. The highest BCUT2D eigenvalue weighted by atomic mass is 16.5. The first-order valence-corrected chi connectivity index (χ1v) is 2.95. The Labute approximate surface area is 53.4 Å². The third-order valence-electron chi connectivity index (χ3n) is 1.43. The summed E-state index contributed by atoms with van der Waals surface area (Å²) in [4.78, 5) is 0. The zero-order valence-corrected chi connectivity index (χ0v) is 4.92. The molecule has 1 unspecified atom stereocenters. The van der Waals surface area contributed by atoms with Crippen molar-refractivity contribution in [1.82, 2.24) is 10.6 Å². The van der Waals surface area contributed by atoms with E-state index < -0.39 is 0 Å². The van der Waals surface area contributed by atoms with Gasteiger partial charge in [0.05, 0.1) is 5.70 Å². The van der Waals surface area contributed by atoms with E-state index in [1.165, 1.54) is 0 Å². The van der Waals surface area contributed by atoms with Crippen molar-refractivity contribution in [3.05, 3.63) is 24.0 Å². The molecule has 48 valence electrons. The predicted molar refractivity (Wildman–Crippen MR) is 33.2 cm³/mol. The first-order chi connectivity index (χ1) is 4.47. The van der Waals surface area contributed by atoms with Gasteiger partial charge in [0, 0.05) is 0 Å². The molecule has 0 aromatic carbocycles. The van der Waals surface area contributed by atoms with Crippen LogP contribution in [0.3, 0.4) is 0 Å². The van der Waals surface area contributed by atoms with Gasteiger partial charge in [-0.25, -0.2) is 0 Å². The number of fused-ring (bicyclic) bond motifs is 1. The van der Waals surface area contributed by atoms with Crippen molar-refractivity contribution in [2.24, 2.45) is 0 Å². The van der Waals surface area contributed by atoms with Gasteiger partial charge in [0.15, 0.2) is 6.23 Å². The summed E-state index contributed by atoms with van der Waals surface area (Å²) in [5.74, 6) is 0. The molecule has 1 fully saturated rings. The maximum absolute atomic E-state index is 5.22. The number of hydrogen-bond donors (Lipinski definition) is 2. The lowest BCUT2D eigenvalue weighted by Gasteiger charge is -2.12. The minimum absolute atomic E-state index is 0.0787. The highest BCUT2D eigenvalue weighted by Gasteiger charge is 2.19. The number of allylic oxidation sites excluding steroid dienone is 2. The quantitative estimate of drug-likeness (QED) is 0.472. The Balaban J connectivity index is 2.23. The molecule has 0 aromatic rings. The molecular weight excluding hydrogens is 116 g/mol. The number of nitrogens with one attached hydrogen (secondary N) is 2. The van der Waals surface area contributed by atoms with Crippen LogP contribution in [-0.4, -0.2) is 13.0 Å². The van der Waals surface area contributed by atoms with Gasteiger partial charge in [-0.15, -0.1) is 0 Å². The molecule has 0 saturated carbocycles. The van der Waals surface area contributed by atoms with Gasteiger partial charge in [-0.05, 0) is 18.4 Å². The van der Waals surface area contributed by atoms with Crippen LogP contribution in [0.5, 0.6) is 0 Å². The molecule has 0 amide bonds. The summed E-state index contributed by atoms with van der Waals surface area (Å²) in [5, 5.41) is 6.13. The molecule has 2 rings (SSSR count). The third-order valence-corrected chi connectivity index (χ3v) is 1.43. The monoisotopic (exact) mass is 124 g/mol. The molecule has 0 radical (unpaired) electrons. The number of hydrogen-bond acceptors (Lipinski definition) is 3. The topological polar surface area (TPSA) is 33.3 Å². The fraction of sp³-hybridized carbons (Fsp3) is 0.333. The maximum atomic E-state index is 5.22. The lowest BCUT2D eigenvalue weighted by atomic mass is 10.3. The maximum Gasteiger partial charge on any atom is 0.170 e. The van der Waals surface area contributed by atoms with Gasteiger partial charge in [-0.2, -0.15) is 0 Å². The highest BCUT2D eigenvalue weighted by molar-refractivity contribution is 5.20. The van der Waals surface area contributed by atoms with E-state index in [0.29, 0.717) is 6.73 Å². The van der Waals surface area contributed by atoms with Crippen LogP contribution in [0.25, 0.3) is 0 Å². The fourth-order valence-electron chi connectivity index (χ4n) is 0.970. The Morgan fingerprint density at radius 3 is 3.56 bits per heavy atom. The van der Waals surface area contributed by atoms with Crippen molar-refractivity contribution in [2.45, 2.75) is 6.23 Å². The van der Waals surface area contributed by atoms with Gasteiger partial charge in [0.25, 0.3) is 0 Å². The van der Waals surface area contributed by atoms with Gasteiger partial charge in [-0.3, -0.25) is 0 Å². The highest BCUT2D eigenvalue weighted by Crippen LogP contribution is 2.09. The van der Waals surface area contributed by atoms with E-state index in [1.807, 2.05) is 18.4 Å². The average Bonchev–Trinajstić information content (AvgIpc) is 2.33. The second-order valence-electron chi connectivity index (χ2n) is 2.02. The van der Waals surface area contributed by atoms with E-state index >= 15 is 0 Å². The fourth-order valence-corrected chi connectivity index (χ4v) is 0.970. The normalized spacial score (nSPS) is 30.2. The van der Waals surface area contributed by atoms with Crippen molar-refractivity contribution in [3.8, 4) is 0 Å². The van der Waals surface area contributed by atoms with Gasteiger partial charge >= 0.3 is 0 Å². The Kier molecular flexibility index (Phi) is 0.960. The number of ether oxygens (including phenoxy) is 1. The van der Waals surface area contributed by atoms with Crippen LogP contribution in [0, 0.1) is 0 Å². The van der Waals surface area contributed by atoms with Gasteiger partial charge in [0.2, 0.25) is 0 Å². The van der Waals surface area contributed by atoms with Crippen LogP contribution >= 0.6 is 0 Å². The second-order valence-corrected chi connectivity index (χ2v) is 2.02. The molecule has 0 aliphatic carbocycles. The van der Waals surface area contributed by atoms with Gasteiger partial charge in [-0.1, -0.05) is 0 Å². The molecule has 0 spiro atoms. The summed E-state index contributed by atoms with van der Waals surface area (Å²) in [7, 11) is 0. The summed E-state index contributed by atoms with van der Waals surface area (Å²) in [6.45, 7) is 0.616. The zero-order valence-electron chi connectivity index (χ0n) is 4.92. The number of dihydropyridines is 1. The van der Waals surface area contributed by atoms with E-state index in [0.717, 1.165) is 5.70 Å². The molecule has 1 saturated heterocycles. The Bertz CT molecular complexity index is 174. The largest absolute Gasteiger partial charge is 0.362 e. The van der Waals surface area contributed by atoms with Crippen LogP contribution in [0.15, 0.2) is 24.0 Å². The van der Waals surface area contributed by atoms with E-state index in [-0.39, 0.29) is 6.23 Å². The van der Waals surface area contributed by atoms with Crippen molar-refractivity contribution in [2.75, 3.05) is 6.73 Å². The van der Waals surface area contributed by atoms with Crippen LogP contribution in [0.1, 0.15) is 0 Å². The predicted octanol–water partition coefficient (Wildman–Crippen LogP) is -0.109. The van der Waals surface area contributed by atoms with Crippen molar-refractivity contribution >= 4 is 0 Å². The Hall–Kier alpha value is -0.960. The summed E-state index contributed by atoms with van der Waals surface area (Å²) < 4.78 is 5.22. The summed E-state index contributed by atoms with van der Waals surface area (Å²) in [6, 6.07) is 0. The van der Waals surface area contributed by atoms with Gasteiger partial charge in [0.1, 0.15) is 6.73 Å². The lowest BCUT2D eigenvalue weighted by Crippen LogP contribution is -2.27. The molecule has 2 N–H and O–H groups in total. The van der Waals surface area contributed by atoms with Crippen LogP contribution in [0.2, 0.25) is 0 Å². The third kappa shape index (κ3) is 0.695. The SMILES string of the molecule is C1=CNC2OCNC2=C1. The van der Waals surface area contributed by atoms with E-state index in [1.54, 1.807) is 0 Å². The zero-order chi connectivity index (χ0) is 6.10. The Morgan fingerprint density at radius 1 is 1.67 bits per heavy atom. The second kappa shape index (κ2) is 1.77. The molecule has 2 aliphatic rings. The summed E-state index contributed by atoms with van der Waals surface area (Å²) >= 11 is 0. The van der Waals surface area contributed by atoms with Crippen LogP contribution in [0.4, 0.5) is 0 Å². The van der Waals surface area contributed by atoms with Crippen LogP contribution < -0.4 is 10.6 Å². The first-order valence-electron chi connectivity index (χ1n) is 2.95. The van der Waals surface area contributed by atoms with E-state index in [2.05, 4.69) is 10.6 Å². The lowest BCUT2D eigenvalue weighted by molar-refractivity contribution is 0.105. The standard InChI is InChI=1S/C6H8N2O/c1-2-5-6(7-3-1)9-4-8-5/h1-3,6-8H,4H2. The molecule has 3 heteroatoms. The van der Waals surface area contributed by atoms with E-state index in [4.69, 9.17) is 4.74 Å².